The summed E-state index contributed by atoms with van der Waals surface area (Å²) >= 11 is 0. The molecule has 0 aromatic heterocycles. The van der Waals surface area contributed by atoms with E-state index >= 15 is 0 Å². The zero-order valence-electron chi connectivity index (χ0n) is 18.9. The average Bonchev–Trinajstić information content (AvgIpc) is 2.98. The van der Waals surface area contributed by atoms with Gasteiger partial charge in [-0.05, 0) is 104 Å². The van der Waals surface area contributed by atoms with Gasteiger partial charge in [0.15, 0.2) is 0 Å². The SMILES string of the molecule is CC(C)CCC[C@@H](C)[C@H]1CC[C@@H]2[C@H]3CC=C4C[CH]CC[C@]4(C)[C@@H]3CC[C@@]21C. The molecular weight excluding hydrogens is 324 g/mol. The lowest BCUT2D eigenvalue weighted by atomic mass is 9.47. The summed E-state index contributed by atoms with van der Waals surface area (Å²) in [5.41, 5.74) is 3.00. The molecule has 0 aliphatic heterocycles. The first-order valence-corrected chi connectivity index (χ1v) is 12.4. The second kappa shape index (κ2) is 7.53. The van der Waals surface area contributed by atoms with Gasteiger partial charge in [0.1, 0.15) is 0 Å². The van der Waals surface area contributed by atoms with Crippen LogP contribution in [0.4, 0.5) is 0 Å². The van der Waals surface area contributed by atoms with E-state index in [1.165, 1.54) is 70.6 Å². The maximum absolute atomic E-state index is 2.72. The van der Waals surface area contributed by atoms with Gasteiger partial charge in [0.2, 0.25) is 0 Å². The van der Waals surface area contributed by atoms with Crippen LogP contribution in [0.5, 0.6) is 0 Å². The Balaban J connectivity index is 1.49. The highest BCUT2D eigenvalue weighted by Gasteiger charge is 2.58. The zero-order valence-corrected chi connectivity index (χ0v) is 18.9. The lowest BCUT2D eigenvalue weighted by Gasteiger charge is -2.58. The molecule has 0 aromatic carbocycles. The van der Waals surface area contributed by atoms with Crippen molar-refractivity contribution in [1.82, 2.24) is 0 Å². The first-order valence-electron chi connectivity index (χ1n) is 12.4. The minimum Gasteiger partial charge on any atom is -0.0845 e. The van der Waals surface area contributed by atoms with E-state index < -0.39 is 0 Å². The quantitative estimate of drug-likeness (QED) is 0.428. The third-order valence-corrected chi connectivity index (χ3v) is 10.1. The third-order valence-electron chi connectivity index (χ3n) is 10.1. The molecule has 0 saturated heterocycles. The second-order valence-corrected chi connectivity index (χ2v) is 11.8. The maximum atomic E-state index is 2.72. The third kappa shape index (κ3) is 3.36. The number of hydrogen-bond acceptors (Lipinski definition) is 0. The molecule has 4 aliphatic carbocycles. The molecule has 1 radical (unpaired) electrons. The number of hydrogen-bond donors (Lipinski definition) is 0. The molecule has 0 nitrogen and oxygen atoms in total. The predicted molar refractivity (Wildman–Crippen MR) is 117 cm³/mol. The van der Waals surface area contributed by atoms with E-state index in [0.29, 0.717) is 10.8 Å². The predicted octanol–water partition coefficient (Wildman–Crippen LogP) is 8.23. The standard InChI is InChI=1S/C27H45/c1-19(2)9-8-10-20(3)23-14-15-24-22-13-12-21-11-6-7-17-26(21,4)25(22)16-18-27(23,24)5/h6,12,19-20,22-25H,7-11,13-18H2,1-5H3/t20-,22-,23-,24-,25-,26+,27-/m1/s1. The van der Waals surface area contributed by atoms with Gasteiger partial charge in [0, 0.05) is 0 Å². The average molecular weight is 370 g/mol. The van der Waals surface area contributed by atoms with E-state index in [4.69, 9.17) is 0 Å². The highest BCUT2D eigenvalue weighted by atomic mass is 14.6. The van der Waals surface area contributed by atoms with Gasteiger partial charge in [0.05, 0.1) is 0 Å². The Kier molecular flexibility index (Phi) is 5.59. The summed E-state index contributed by atoms with van der Waals surface area (Å²) in [6, 6.07) is 0. The van der Waals surface area contributed by atoms with Crippen molar-refractivity contribution >= 4 is 0 Å². The Morgan fingerprint density at radius 3 is 2.59 bits per heavy atom. The van der Waals surface area contributed by atoms with Crippen molar-refractivity contribution in [1.29, 1.82) is 0 Å². The van der Waals surface area contributed by atoms with Gasteiger partial charge in [-0.15, -0.1) is 0 Å². The van der Waals surface area contributed by atoms with Crippen LogP contribution in [0, 0.1) is 52.8 Å². The summed E-state index contributed by atoms with van der Waals surface area (Å²) < 4.78 is 0. The van der Waals surface area contributed by atoms with Gasteiger partial charge in [-0.25, -0.2) is 0 Å². The highest BCUT2D eigenvalue weighted by molar-refractivity contribution is 5.26. The minimum absolute atomic E-state index is 0.542. The van der Waals surface area contributed by atoms with Gasteiger partial charge < -0.3 is 0 Å². The van der Waals surface area contributed by atoms with Crippen LogP contribution < -0.4 is 0 Å². The minimum atomic E-state index is 0.542. The van der Waals surface area contributed by atoms with Crippen LogP contribution >= 0.6 is 0 Å². The summed E-state index contributed by atoms with van der Waals surface area (Å²) in [6.07, 6.45) is 21.2. The largest absolute Gasteiger partial charge is 0.0845 e. The van der Waals surface area contributed by atoms with Crippen LogP contribution in [-0.4, -0.2) is 0 Å². The highest BCUT2D eigenvalue weighted by Crippen LogP contribution is 2.67. The molecular formula is C27H45. The molecule has 0 N–H and O–H groups in total. The summed E-state index contributed by atoms with van der Waals surface area (Å²) in [7, 11) is 0. The van der Waals surface area contributed by atoms with E-state index in [1.807, 2.05) is 5.57 Å². The Morgan fingerprint density at radius 1 is 1.00 bits per heavy atom. The van der Waals surface area contributed by atoms with Crippen molar-refractivity contribution < 1.29 is 0 Å². The Morgan fingerprint density at radius 2 is 1.81 bits per heavy atom. The van der Waals surface area contributed by atoms with Gasteiger partial charge in [0.25, 0.3) is 0 Å². The molecule has 0 heteroatoms. The van der Waals surface area contributed by atoms with Crippen molar-refractivity contribution in [2.24, 2.45) is 46.3 Å². The smallest absolute Gasteiger partial charge is 0.00851 e. The van der Waals surface area contributed by atoms with Crippen LogP contribution in [-0.2, 0) is 0 Å². The van der Waals surface area contributed by atoms with Crippen LogP contribution in [0.2, 0.25) is 0 Å². The fraction of sp³-hybridized carbons (Fsp3) is 0.889. The monoisotopic (exact) mass is 369 g/mol. The molecule has 0 spiro atoms. The van der Waals surface area contributed by atoms with E-state index in [0.717, 1.165) is 35.5 Å². The van der Waals surface area contributed by atoms with Crippen molar-refractivity contribution in [3.63, 3.8) is 0 Å². The molecule has 0 heterocycles. The van der Waals surface area contributed by atoms with Crippen molar-refractivity contribution in [3.8, 4) is 0 Å². The topological polar surface area (TPSA) is 0 Å². The van der Waals surface area contributed by atoms with Crippen LogP contribution in [0.15, 0.2) is 11.6 Å². The Labute approximate surface area is 170 Å². The fourth-order valence-corrected chi connectivity index (χ4v) is 8.50. The first kappa shape index (κ1) is 20.0. The molecule has 4 rings (SSSR count). The molecule has 3 fully saturated rings. The zero-order chi connectivity index (χ0) is 19.2. The van der Waals surface area contributed by atoms with E-state index in [1.54, 1.807) is 0 Å². The number of rotatable bonds is 5. The lowest BCUT2D eigenvalue weighted by molar-refractivity contribution is -0.0483. The van der Waals surface area contributed by atoms with Crippen LogP contribution in [0.25, 0.3) is 0 Å². The summed E-state index contributed by atoms with van der Waals surface area (Å²) in [6.45, 7) is 12.7. The molecule has 7 atom stereocenters. The van der Waals surface area contributed by atoms with Gasteiger partial charge in [-0.3, -0.25) is 0 Å². The molecule has 4 aliphatic rings. The Bertz CT molecular complexity index is 556. The molecule has 153 valence electrons. The van der Waals surface area contributed by atoms with Gasteiger partial charge in [-0.1, -0.05) is 65.5 Å². The first-order chi connectivity index (χ1) is 12.9. The van der Waals surface area contributed by atoms with E-state index in [2.05, 4.69) is 47.1 Å². The number of fused-ring (bicyclic) bond motifs is 5. The second-order valence-electron chi connectivity index (χ2n) is 11.8. The van der Waals surface area contributed by atoms with E-state index in [-0.39, 0.29) is 0 Å². The number of allylic oxidation sites excluding steroid dienone is 2. The van der Waals surface area contributed by atoms with Crippen LogP contribution in [0.1, 0.15) is 105 Å². The van der Waals surface area contributed by atoms with Gasteiger partial charge >= 0.3 is 0 Å². The summed E-state index contributed by atoms with van der Waals surface area (Å²) in [5.74, 6) is 5.78. The summed E-state index contributed by atoms with van der Waals surface area (Å²) in [4.78, 5) is 0. The molecule has 0 aromatic rings. The van der Waals surface area contributed by atoms with Crippen molar-refractivity contribution in [3.05, 3.63) is 18.1 Å². The lowest BCUT2D eigenvalue weighted by Crippen LogP contribution is -2.50. The summed E-state index contributed by atoms with van der Waals surface area (Å²) in [5, 5.41) is 0. The fourth-order valence-electron chi connectivity index (χ4n) is 8.50. The molecule has 27 heavy (non-hydrogen) atoms. The van der Waals surface area contributed by atoms with Crippen molar-refractivity contribution in [2.45, 2.75) is 105 Å². The molecule has 3 saturated carbocycles. The van der Waals surface area contributed by atoms with Crippen LogP contribution in [0.3, 0.4) is 0 Å². The molecule has 0 amide bonds. The maximum Gasteiger partial charge on any atom is -0.00851 e. The van der Waals surface area contributed by atoms with Gasteiger partial charge in [-0.2, -0.15) is 0 Å². The van der Waals surface area contributed by atoms with Crippen molar-refractivity contribution in [2.75, 3.05) is 0 Å². The molecule has 0 bridgehead atoms. The molecule has 0 unspecified atom stereocenters. The van der Waals surface area contributed by atoms with E-state index in [9.17, 15) is 0 Å². The normalized spacial score (nSPS) is 45.0. The Hall–Kier alpha value is -0.260.